The Balaban J connectivity index is 1.72. The van der Waals surface area contributed by atoms with Gasteiger partial charge in [0.05, 0.1) is 10.2 Å². The van der Waals surface area contributed by atoms with E-state index in [4.69, 9.17) is 0 Å². The molecule has 1 atom stereocenters. The minimum Gasteiger partial charge on any atom is -0.302 e. The third-order valence-electron chi connectivity index (χ3n) is 3.43. The topological polar surface area (TPSA) is 42.0 Å². The van der Waals surface area contributed by atoms with Gasteiger partial charge in [-0.05, 0) is 37.3 Å². The van der Waals surface area contributed by atoms with Gasteiger partial charge in [-0.15, -0.1) is 0 Å². The van der Waals surface area contributed by atoms with E-state index >= 15 is 0 Å². The molecule has 98 valence electrons. The Bertz CT molecular complexity index is 645. The lowest BCUT2D eigenvalue weighted by Gasteiger charge is -2.06. The summed E-state index contributed by atoms with van der Waals surface area (Å²) in [6, 6.07) is 6.09. The van der Waals surface area contributed by atoms with Crippen molar-refractivity contribution < 1.29 is 4.79 Å². The van der Waals surface area contributed by atoms with Crippen molar-refractivity contribution in [3.63, 3.8) is 0 Å². The van der Waals surface area contributed by atoms with Crippen molar-refractivity contribution in [3.05, 3.63) is 35.9 Å². The molecule has 1 aliphatic rings. The van der Waals surface area contributed by atoms with Gasteiger partial charge < -0.3 is 5.32 Å². The quantitative estimate of drug-likeness (QED) is 0.861. The zero-order valence-corrected chi connectivity index (χ0v) is 11.7. The number of aromatic nitrogens is 1. The van der Waals surface area contributed by atoms with Gasteiger partial charge in [0.2, 0.25) is 5.91 Å². The number of rotatable bonds is 3. The number of carbonyl (C=O) groups excluding carboxylic acids is 1. The number of allylic oxidation sites excluding steroid dienone is 2. The highest BCUT2D eigenvalue weighted by Crippen LogP contribution is 2.28. The van der Waals surface area contributed by atoms with Crippen LogP contribution in [0.25, 0.3) is 10.2 Å². The molecule has 3 rings (SSSR count). The van der Waals surface area contributed by atoms with Gasteiger partial charge in [-0.2, -0.15) is 0 Å². The molecule has 0 unspecified atom stereocenters. The van der Waals surface area contributed by atoms with E-state index in [-0.39, 0.29) is 5.91 Å². The number of carbonyl (C=O) groups is 1. The smallest absolute Gasteiger partial charge is 0.226 e. The number of hydrogen-bond donors (Lipinski definition) is 1. The summed E-state index contributed by atoms with van der Waals surface area (Å²) in [5, 5.41) is 3.62. The molecular formula is C15H16N2OS. The molecule has 1 aliphatic carbocycles. The van der Waals surface area contributed by atoms with Gasteiger partial charge in [-0.3, -0.25) is 4.79 Å². The number of amides is 1. The zero-order chi connectivity index (χ0) is 13.2. The number of aryl methyl sites for hydroxylation is 1. The summed E-state index contributed by atoms with van der Waals surface area (Å²) in [5.41, 5.74) is 2.14. The molecule has 1 aromatic carbocycles. The number of thiazole rings is 1. The Morgan fingerprint density at radius 3 is 3.16 bits per heavy atom. The zero-order valence-electron chi connectivity index (χ0n) is 10.8. The molecule has 1 aromatic heterocycles. The first kappa shape index (κ1) is 12.4. The van der Waals surface area contributed by atoms with Crippen molar-refractivity contribution in [1.82, 2.24) is 4.98 Å². The fraction of sp³-hybridized carbons (Fsp3) is 0.333. The van der Waals surface area contributed by atoms with Crippen molar-refractivity contribution >= 4 is 32.6 Å². The molecule has 0 saturated heterocycles. The first-order chi connectivity index (χ1) is 9.22. The van der Waals surface area contributed by atoms with Gasteiger partial charge in [-0.25, -0.2) is 4.98 Å². The summed E-state index contributed by atoms with van der Waals surface area (Å²) >= 11 is 1.54. The van der Waals surface area contributed by atoms with Crippen LogP contribution in [0.4, 0.5) is 5.13 Å². The summed E-state index contributed by atoms with van der Waals surface area (Å²) in [6.45, 7) is 2.04. The molecule has 0 fully saturated rings. The van der Waals surface area contributed by atoms with Crippen LogP contribution in [-0.4, -0.2) is 10.9 Å². The van der Waals surface area contributed by atoms with E-state index in [2.05, 4.69) is 22.5 Å². The number of benzene rings is 1. The monoisotopic (exact) mass is 272 g/mol. The molecule has 1 heterocycles. The van der Waals surface area contributed by atoms with Crippen LogP contribution in [0.3, 0.4) is 0 Å². The van der Waals surface area contributed by atoms with Gasteiger partial charge in [0.25, 0.3) is 0 Å². The Labute approximate surface area is 116 Å². The first-order valence-electron chi connectivity index (χ1n) is 6.55. The average molecular weight is 272 g/mol. The molecule has 0 saturated carbocycles. The van der Waals surface area contributed by atoms with Crippen LogP contribution in [0, 0.1) is 12.8 Å². The van der Waals surface area contributed by atoms with Crippen LogP contribution in [0.15, 0.2) is 30.4 Å². The van der Waals surface area contributed by atoms with Crippen LogP contribution in [0.2, 0.25) is 0 Å². The minimum absolute atomic E-state index is 0.0632. The molecule has 4 heteroatoms. The molecule has 0 aliphatic heterocycles. The molecule has 2 aromatic rings. The Morgan fingerprint density at radius 2 is 2.42 bits per heavy atom. The second-order valence-corrected chi connectivity index (χ2v) is 5.99. The predicted molar refractivity (Wildman–Crippen MR) is 79.5 cm³/mol. The molecule has 0 spiro atoms. The number of fused-ring (bicyclic) bond motifs is 1. The lowest BCUT2D eigenvalue weighted by atomic mass is 10.1. The Hall–Kier alpha value is -1.68. The van der Waals surface area contributed by atoms with E-state index in [1.54, 1.807) is 0 Å². The SMILES string of the molecule is Cc1cccc2sc(NC(=O)C[C@@H]3C=CCC3)nc12. The van der Waals surface area contributed by atoms with Crippen LogP contribution in [-0.2, 0) is 4.79 Å². The lowest BCUT2D eigenvalue weighted by molar-refractivity contribution is -0.116. The fourth-order valence-electron chi connectivity index (χ4n) is 2.41. The van der Waals surface area contributed by atoms with E-state index in [1.165, 1.54) is 11.3 Å². The van der Waals surface area contributed by atoms with Crippen molar-refractivity contribution in [2.45, 2.75) is 26.2 Å². The number of nitrogens with zero attached hydrogens (tertiary/aromatic N) is 1. The predicted octanol–water partition coefficient (Wildman–Crippen LogP) is 3.90. The second kappa shape index (κ2) is 5.13. The molecule has 3 nitrogen and oxygen atoms in total. The normalized spacial score (nSPS) is 18.1. The number of hydrogen-bond acceptors (Lipinski definition) is 3. The summed E-state index contributed by atoms with van der Waals surface area (Å²) in [7, 11) is 0. The van der Waals surface area contributed by atoms with E-state index in [0.29, 0.717) is 17.5 Å². The second-order valence-electron chi connectivity index (χ2n) is 4.96. The highest BCUT2D eigenvalue weighted by Gasteiger charge is 2.15. The highest BCUT2D eigenvalue weighted by molar-refractivity contribution is 7.22. The summed E-state index contributed by atoms with van der Waals surface area (Å²) in [5.74, 6) is 0.462. The van der Waals surface area contributed by atoms with E-state index in [9.17, 15) is 4.79 Å². The standard InChI is InChI=1S/C15H16N2OS/c1-10-5-4-8-12-14(10)17-15(19-12)16-13(18)9-11-6-2-3-7-11/h2,4-6,8,11H,3,7,9H2,1H3,(H,16,17,18)/t11-/m1/s1. The van der Waals surface area contributed by atoms with Crippen LogP contribution in [0.5, 0.6) is 0 Å². The van der Waals surface area contributed by atoms with Gasteiger partial charge in [0, 0.05) is 6.42 Å². The highest BCUT2D eigenvalue weighted by atomic mass is 32.1. The van der Waals surface area contributed by atoms with Gasteiger partial charge in [0.1, 0.15) is 0 Å². The largest absolute Gasteiger partial charge is 0.302 e. The van der Waals surface area contributed by atoms with Crippen LogP contribution >= 0.6 is 11.3 Å². The maximum absolute atomic E-state index is 12.0. The van der Waals surface area contributed by atoms with E-state index < -0.39 is 0 Å². The maximum Gasteiger partial charge on any atom is 0.226 e. The molecular weight excluding hydrogens is 256 g/mol. The van der Waals surface area contributed by atoms with E-state index in [0.717, 1.165) is 28.6 Å². The van der Waals surface area contributed by atoms with Crippen molar-refractivity contribution in [1.29, 1.82) is 0 Å². The number of nitrogens with one attached hydrogen (secondary N) is 1. The number of anilines is 1. The maximum atomic E-state index is 12.0. The van der Waals surface area contributed by atoms with Crippen LogP contribution in [0.1, 0.15) is 24.8 Å². The van der Waals surface area contributed by atoms with E-state index in [1.807, 2.05) is 25.1 Å². The third kappa shape index (κ3) is 2.68. The third-order valence-corrected chi connectivity index (χ3v) is 4.36. The van der Waals surface area contributed by atoms with Crippen molar-refractivity contribution in [2.75, 3.05) is 5.32 Å². The fourth-order valence-corrected chi connectivity index (χ4v) is 3.37. The Kier molecular flexibility index (Phi) is 3.34. The Morgan fingerprint density at radius 1 is 1.53 bits per heavy atom. The molecule has 0 bridgehead atoms. The summed E-state index contributed by atoms with van der Waals surface area (Å²) in [6.07, 6.45) is 7.04. The van der Waals surface area contributed by atoms with Crippen molar-refractivity contribution in [3.8, 4) is 0 Å². The van der Waals surface area contributed by atoms with Crippen molar-refractivity contribution in [2.24, 2.45) is 5.92 Å². The molecule has 1 N–H and O–H groups in total. The molecule has 19 heavy (non-hydrogen) atoms. The summed E-state index contributed by atoms with van der Waals surface area (Å²) in [4.78, 5) is 16.4. The first-order valence-corrected chi connectivity index (χ1v) is 7.37. The molecule has 1 amide bonds. The lowest BCUT2D eigenvalue weighted by Crippen LogP contribution is -2.14. The van der Waals surface area contributed by atoms with Gasteiger partial charge >= 0.3 is 0 Å². The summed E-state index contributed by atoms with van der Waals surface area (Å²) < 4.78 is 1.12. The van der Waals surface area contributed by atoms with Crippen LogP contribution < -0.4 is 5.32 Å². The van der Waals surface area contributed by atoms with Gasteiger partial charge in [0.15, 0.2) is 5.13 Å². The molecule has 0 radical (unpaired) electrons. The number of para-hydroxylation sites is 1. The minimum atomic E-state index is 0.0632. The average Bonchev–Trinajstić information content (AvgIpc) is 2.98. The van der Waals surface area contributed by atoms with Gasteiger partial charge in [-0.1, -0.05) is 35.6 Å².